The van der Waals surface area contributed by atoms with Crippen LogP contribution in [0.15, 0.2) is 9.64 Å². The van der Waals surface area contributed by atoms with E-state index in [2.05, 4.69) is 20.4 Å². The zero-order valence-corrected chi connectivity index (χ0v) is 23.8. The Morgan fingerprint density at radius 2 is 1.73 bits per heavy atom. The number of nitrogens with one attached hydrogen (secondary N) is 1. The Labute approximate surface area is 224 Å². The van der Waals surface area contributed by atoms with Crippen LogP contribution in [0, 0.1) is 11.8 Å². The van der Waals surface area contributed by atoms with E-state index < -0.39 is 11.6 Å². The summed E-state index contributed by atoms with van der Waals surface area (Å²) in [5, 5.41) is 11.5. The number of ether oxygens (including phenoxy) is 1. The zero-order chi connectivity index (χ0) is 27.0. The molecule has 1 aromatic heterocycles. The Morgan fingerprint density at radius 3 is 2.32 bits per heavy atom. The standard InChI is InChI=1S/C26H43N5O5S/c1-26(2,3)36-25(34)31-14-12-18(13-15-31)20(27-22(33)19-10-8-6-7-9-11-19)21(32)23-28-29-24(35-23)37-17-16-30(4)5/h18-20H,6-17H2,1-5H3,(H,27,33). The van der Waals surface area contributed by atoms with Crippen molar-refractivity contribution in [2.75, 3.05) is 39.5 Å². The number of piperidine rings is 1. The van der Waals surface area contributed by atoms with Crippen molar-refractivity contribution >= 4 is 29.5 Å². The van der Waals surface area contributed by atoms with Crippen LogP contribution in [-0.2, 0) is 9.53 Å². The van der Waals surface area contributed by atoms with Gasteiger partial charge < -0.3 is 24.3 Å². The van der Waals surface area contributed by atoms with Crippen LogP contribution in [0.25, 0.3) is 0 Å². The molecule has 2 amide bonds. The predicted octanol–water partition coefficient (Wildman–Crippen LogP) is 4.01. The number of Topliss-reactive ketones (excluding diaryl/α,β-unsaturated/α-hetero) is 1. The van der Waals surface area contributed by atoms with E-state index in [1.807, 2.05) is 34.9 Å². The van der Waals surface area contributed by atoms with Crippen molar-refractivity contribution < 1.29 is 23.5 Å². The normalized spacial score (nSPS) is 18.9. The van der Waals surface area contributed by atoms with Gasteiger partial charge in [-0.25, -0.2) is 4.79 Å². The third-order valence-corrected chi connectivity index (χ3v) is 7.65. The molecule has 0 radical (unpaired) electrons. The quantitative estimate of drug-likeness (QED) is 0.283. The maximum absolute atomic E-state index is 13.6. The highest BCUT2D eigenvalue weighted by atomic mass is 32.2. The lowest BCUT2D eigenvalue weighted by Gasteiger charge is -2.36. The first-order valence-corrected chi connectivity index (χ1v) is 14.5. The molecular weight excluding hydrogens is 494 g/mol. The monoisotopic (exact) mass is 537 g/mol. The summed E-state index contributed by atoms with van der Waals surface area (Å²) in [6, 6.07) is -0.767. The average Bonchev–Trinajstić information content (AvgIpc) is 3.13. The smallest absolute Gasteiger partial charge is 0.410 e. The van der Waals surface area contributed by atoms with Crippen LogP contribution < -0.4 is 5.32 Å². The first kappa shape index (κ1) is 29.4. The number of rotatable bonds is 9. The average molecular weight is 538 g/mol. The summed E-state index contributed by atoms with van der Waals surface area (Å²) in [5.74, 6) is 0.0261. The fourth-order valence-electron chi connectivity index (χ4n) is 4.77. The molecule has 1 aliphatic heterocycles. The van der Waals surface area contributed by atoms with Gasteiger partial charge in [0.1, 0.15) is 11.6 Å². The van der Waals surface area contributed by atoms with E-state index in [4.69, 9.17) is 9.15 Å². The van der Waals surface area contributed by atoms with E-state index in [9.17, 15) is 14.4 Å². The van der Waals surface area contributed by atoms with Crippen molar-refractivity contribution in [1.29, 1.82) is 0 Å². The van der Waals surface area contributed by atoms with Gasteiger partial charge in [-0.05, 0) is 66.5 Å². The largest absolute Gasteiger partial charge is 0.444 e. The van der Waals surface area contributed by atoms with Gasteiger partial charge in [-0.15, -0.1) is 10.2 Å². The van der Waals surface area contributed by atoms with Gasteiger partial charge in [-0.1, -0.05) is 37.4 Å². The number of likely N-dealkylation sites (tertiary alicyclic amines) is 1. The molecule has 208 valence electrons. The second kappa shape index (κ2) is 13.6. The molecule has 2 fully saturated rings. The first-order valence-electron chi connectivity index (χ1n) is 13.5. The van der Waals surface area contributed by atoms with Crippen LogP contribution in [-0.4, -0.2) is 88.9 Å². The van der Waals surface area contributed by atoms with Crippen LogP contribution >= 0.6 is 11.8 Å². The van der Waals surface area contributed by atoms with E-state index in [-0.39, 0.29) is 35.5 Å². The van der Waals surface area contributed by atoms with Gasteiger partial charge in [0.15, 0.2) is 0 Å². The van der Waals surface area contributed by atoms with Crippen molar-refractivity contribution in [3.05, 3.63) is 5.89 Å². The maximum Gasteiger partial charge on any atom is 0.410 e. The number of amides is 2. The second-order valence-electron chi connectivity index (χ2n) is 11.4. The van der Waals surface area contributed by atoms with Gasteiger partial charge >= 0.3 is 6.09 Å². The SMILES string of the molecule is CN(C)CCSc1nnc(C(=O)C(NC(=O)C2CCCCCC2)C2CCN(C(=O)OC(C)(C)C)CC2)o1. The number of hydrogen-bond donors (Lipinski definition) is 1. The zero-order valence-electron chi connectivity index (χ0n) is 23.0. The van der Waals surface area contributed by atoms with Gasteiger partial charge in [0.05, 0.1) is 0 Å². The van der Waals surface area contributed by atoms with Crippen LogP contribution in [0.1, 0.15) is 82.8 Å². The molecule has 1 saturated heterocycles. The lowest BCUT2D eigenvalue weighted by atomic mass is 9.86. The summed E-state index contributed by atoms with van der Waals surface area (Å²) in [6.07, 6.45) is 6.82. The summed E-state index contributed by atoms with van der Waals surface area (Å²) in [4.78, 5) is 43.1. The molecule has 11 heteroatoms. The molecule has 1 atom stereocenters. The number of carbonyl (C=O) groups excluding carboxylic acids is 3. The van der Waals surface area contributed by atoms with Gasteiger partial charge in [0.25, 0.3) is 11.1 Å². The van der Waals surface area contributed by atoms with Crippen molar-refractivity contribution in [2.45, 2.75) is 89.0 Å². The Balaban J connectivity index is 1.70. The molecule has 1 aromatic rings. The van der Waals surface area contributed by atoms with E-state index in [0.29, 0.717) is 31.2 Å². The van der Waals surface area contributed by atoms with E-state index in [1.54, 1.807) is 4.90 Å². The van der Waals surface area contributed by atoms with E-state index in [1.165, 1.54) is 11.8 Å². The van der Waals surface area contributed by atoms with Crippen molar-refractivity contribution in [1.82, 2.24) is 25.3 Å². The highest BCUT2D eigenvalue weighted by molar-refractivity contribution is 7.99. The van der Waals surface area contributed by atoms with Gasteiger partial charge in [-0.2, -0.15) is 0 Å². The molecule has 2 heterocycles. The summed E-state index contributed by atoms with van der Waals surface area (Å²) >= 11 is 1.40. The number of hydrogen-bond acceptors (Lipinski definition) is 9. The Kier molecular flexibility index (Phi) is 10.8. The fraction of sp³-hybridized carbons (Fsp3) is 0.808. The molecule has 1 saturated carbocycles. The summed E-state index contributed by atoms with van der Waals surface area (Å²) in [5.41, 5.74) is -0.570. The number of thioether (sulfide) groups is 1. The van der Waals surface area contributed by atoms with Crippen LogP contribution in [0.4, 0.5) is 4.79 Å². The molecule has 0 spiro atoms. The summed E-state index contributed by atoms with van der Waals surface area (Å²) in [7, 11) is 3.97. The third kappa shape index (κ3) is 9.28. The molecule has 3 rings (SSSR count). The molecule has 0 bridgehead atoms. The summed E-state index contributed by atoms with van der Waals surface area (Å²) in [6.45, 7) is 7.27. The fourth-order valence-corrected chi connectivity index (χ4v) is 5.64. The Morgan fingerprint density at radius 1 is 1.08 bits per heavy atom. The van der Waals surface area contributed by atoms with Gasteiger partial charge in [-0.3, -0.25) is 9.59 Å². The molecule has 1 unspecified atom stereocenters. The molecule has 1 N–H and O–H groups in total. The number of aromatic nitrogens is 2. The molecule has 0 aromatic carbocycles. The minimum absolute atomic E-state index is 0.0741. The molecular formula is C26H43N5O5S. The minimum Gasteiger partial charge on any atom is -0.444 e. The van der Waals surface area contributed by atoms with E-state index >= 15 is 0 Å². The molecule has 10 nitrogen and oxygen atoms in total. The van der Waals surface area contributed by atoms with Crippen molar-refractivity contribution in [3.63, 3.8) is 0 Å². The first-order chi connectivity index (χ1) is 17.5. The van der Waals surface area contributed by atoms with Gasteiger partial charge in [0, 0.05) is 31.3 Å². The third-order valence-electron chi connectivity index (χ3n) is 6.85. The topological polar surface area (TPSA) is 118 Å². The highest BCUT2D eigenvalue weighted by Gasteiger charge is 2.38. The molecule has 2 aliphatic rings. The number of nitrogens with zero attached hydrogens (tertiary/aromatic N) is 4. The number of carbonyl (C=O) groups is 3. The van der Waals surface area contributed by atoms with Crippen molar-refractivity contribution in [3.8, 4) is 0 Å². The Bertz CT molecular complexity index is 899. The lowest BCUT2D eigenvalue weighted by molar-refractivity contribution is -0.126. The second-order valence-corrected chi connectivity index (χ2v) is 12.4. The molecule has 1 aliphatic carbocycles. The van der Waals surface area contributed by atoms with Crippen molar-refractivity contribution in [2.24, 2.45) is 11.8 Å². The van der Waals surface area contributed by atoms with Crippen LogP contribution in [0.5, 0.6) is 0 Å². The van der Waals surface area contributed by atoms with E-state index in [0.717, 1.165) is 50.8 Å². The molecule has 37 heavy (non-hydrogen) atoms. The summed E-state index contributed by atoms with van der Waals surface area (Å²) < 4.78 is 11.2. The van der Waals surface area contributed by atoms with Crippen LogP contribution in [0.3, 0.4) is 0 Å². The highest BCUT2D eigenvalue weighted by Crippen LogP contribution is 2.28. The maximum atomic E-state index is 13.6. The Hall–Kier alpha value is -2.14. The number of ketones is 1. The van der Waals surface area contributed by atoms with Crippen LogP contribution in [0.2, 0.25) is 0 Å². The minimum atomic E-state index is -0.767. The van der Waals surface area contributed by atoms with Gasteiger partial charge in [0.2, 0.25) is 11.7 Å². The predicted molar refractivity (Wildman–Crippen MR) is 142 cm³/mol. The lowest BCUT2D eigenvalue weighted by Crippen LogP contribution is -2.52.